The van der Waals surface area contributed by atoms with Crippen LogP contribution in [-0.2, 0) is 14.3 Å². The van der Waals surface area contributed by atoms with Gasteiger partial charge in [-0.1, -0.05) is 42.5 Å². The first-order valence-corrected chi connectivity index (χ1v) is 10.6. The molecule has 0 radical (unpaired) electrons. The van der Waals surface area contributed by atoms with Crippen molar-refractivity contribution in [3.05, 3.63) is 54.6 Å². The summed E-state index contributed by atoms with van der Waals surface area (Å²) in [5, 5.41) is 30.7. The third-order valence-corrected chi connectivity index (χ3v) is 5.38. The summed E-state index contributed by atoms with van der Waals surface area (Å²) in [7, 11) is 1.36. The minimum atomic E-state index is -1.05. The third-order valence-electron chi connectivity index (χ3n) is 5.38. The van der Waals surface area contributed by atoms with E-state index in [1.165, 1.54) is 13.2 Å². The quantitative estimate of drug-likeness (QED) is 0.213. The molecular formula is C24H32O7. The molecule has 0 aliphatic heterocycles. The number of benzene rings is 1. The average Bonchev–Trinajstić information content (AvgIpc) is 3.01. The predicted octanol–water partition coefficient (Wildman–Crippen LogP) is 2.55. The summed E-state index contributed by atoms with van der Waals surface area (Å²) >= 11 is 0. The molecule has 1 aromatic carbocycles. The number of unbranched alkanes of at least 4 members (excludes halogenated alkanes) is 1. The molecule has 0 saturated heterocycles. The molecule has 7 nitrogen and oxygen atoms in total. The van der Waals surface area contributed by atoms with Gasteiger partial charge in [-0.05, 0) is 37.3 Å². The second-order valence-electron chi connectivity index (χ2n) is 7.73. The molecule has 7 heteroatoms. The Hall–Kier alpha value is -2.48. The molecular weight excluding hydrogens is 400 g/mol. The first-order chi connectivity index (χ1) is 14.9. The predicted molar refractivity (Wildman–Crippen MR) is 115 cm³/mol. The minimum Gasteiger partial charge on any atom is -0.469 e. The van der Waals surface area contributed by atoms with Gasteiger partial charge in [0.15, 0.2) is 0 Å². The van der Waals surface area contributed by atoms with E-state index in [4.69, 9.17) is 4.74 Å². The van der Waals surface area contributed by atoms with Gasteiger partial charge in [-0.2, -0.15) is 0 Å². The Bertz CT molecular complexity index is 744. The minimum absolute atomic E-state index is 0.188. The van der Waals surface area contributed by atoms with Gasteiger partial charge < -0.3 is 24.8 Å². The van der Waals surface area contributed by atoms with Gasteiger partial charge in [0.2, 0.25) is 0 Å². The first-order valence-electron chi connectivity index (χ1n) is 10.6. The Balaban J connectivity index is 1.82. The van der Waals surface area contributed by atoms with Gasteiger partial charge in [-0.3, -0.25) is 9.59 Å². The molecule has 1 aromatic rings. The van der Waals surface area contributed by atoms with E-state index in [1.54, 1.807) is 30.3 Å². The van der Waals surface area contributed by atoms with Crippen molar-refractivity contribution in [2.24, 2.45) is 11.8 Å². The van der Waals surface area contributed by atoms with Crippen molar-refractivity contribution < 1.29 is 34.4 Å². The lowest BCUT2D eigenvalue weighted by Gasteiger charge is -2.19. The number of rotatable bonds is 11. The lowest BCUT2D eigenvalue weighted by Crippen LogP contribution is -2.21. The summed E-state index contributed by atoms with van der Waals surface area (Å²) in [6.45, 7) is 0. The van der Waals surface area contributed by atoms with E-state index in [9.17, 15) is 24.9 Å². The fourth-order valence-electron chi connectivity index (χ4n) is 3.70. The van der Waals surface area contributed by atoms with Crippen molar-refractivity contribution in [1.29, 1.82) is 0 Å². The Labute approximate surface area is 183 Å². The molecule has 2 rings (SSSR count). The summed E-state index contributed by atoms with van der Waals surface area (Å²) in [5.41, 5.74) is 0. The maximum absolute atomic E-state index is 11.9. The second-order valence-corrected chi connectivity index (χ2v) is 7.73. The first kappa shape index (κ1) is 24.8. The van der Waals surface area contributed by atoms with Crippen LogP contribution in [0.2, 0.25) is 0 Å². The van der Waals surface area contributed by atoms with Gasteiger partial charge >= 0.3 is 11.9 Å². The van der Waals surface area contributed by atoms with E-state index >= 15 is 0 Å². The van der Waals surface area contributed by atoms with Crippen LogP contribution in [-0.4, -0.2) is 52.7 Å². The molecule has 0 heterocycles. The Kier molecular flexibility index (Phi) is 10.4. The molecule has 0 unspecified atom stereocenters. The van der Waals surface area contributed by atoms with Gasteiger partial charge in [-0.25, -0.2) is 0 Å². The number of aliphatic hydroxyl groups excluding tert-OH is 3. The number of hydrogen-bond donors (Lipinski definition) is 3. The normalized spacial score (nSPS) is 24.5. The summed E-state index contributed by atoms with van der Waals surface area (Å²) in [6.07, 6.45) is 7.04. The molecule has 1 aliphatic rings. The van der Waals surface area contributed by atoms with Gasteiger partial charge in [0.05, 0.1) is 31.8 Å². The number of para-hydroxylation sites is 1. The van der Waals surface area contributed by atoms with E-state index in [0.29, 0.717) is 25.0 Å². The maximum atomic E-state index is 11.9. The van der Waals surface area contributed by atoms with Crippen LogP contribution in [0, 0.1) is 11.8 Å². The zero-order valence-corrected chi connectivity index (χ0v) is 17.8. The molecule has 1 saturated carbocycles. The molecule has 0 bridgehead atoms. The molecule has 1 fully saturated rings. The van der Waals surface area contributed by atoms with Crippen molar-refractivity contribution in [2.45, 2.75) is 56.8 Å². The van der Waals surface area contributed by atoms with Crippen molar-refractivity contribution in [3.8, 4) is 5.75 Å². The number of hydrogen-bond acceptors (Lipinski definition) is 7. The van der Waals surface area contributed by atoms with Crippen LogP contribution in [0.25, 0.3) is 0 Å². The highest BCUT2D eigenvalue weighted by atomic mass is 16.5. The molecule has 3 N–H and O–H groups in total. The van der Waals surface area contributed by atoms with Crippen molar-refractivity contribution >= 4 is 11.9 Å². The maximum Gasteiger partial charge on any atom is 0.314 e. The number of carbonyl (C=O) groups is 2. The fraction of sp³-hybridized carbons (Fsp3) is 0.500. The van der Waals surface area contributed by atoms with Crippen molar-refractivity contribution in [1.82, 2.24) is 0 Å². The van der Waals surface area contributed by atoms with Gasteiger partial charge in [-0.15, -0.1) is 0 Å². The van der Waals surface area contributed by atoms with Crippen molar-refractivity contribution in [2.75, 3.05) is 7.11 Å². The molecule has 31 heavy (non-hydrogen) atoms. The summed E-state index contributed by atoms with van der Waals surface area (Å²) in [4.78, 5) is 23.0. The second kappa shape index (κ2) is 13.0. The van der Waals surface area contributed by atoms with Crippen LogP contribution in [0.1, 0.15) is 38.5 Å². The lowest BCUT2D eigenvalue weighted by molar-refractivity contribution is -0.140. The van der Waals surface area contributed by atoms with Crippen LogP contribution in [0.4, 0.5) is 0 Å². The van der Waals surface area contributed by atoms with Gasteiger partial charge in [0.25, 0.3) is 0 Å². The number of allylic oxidation sites excluding steroid dienone is 2. The fourth-order valence-corrected chi connectivity index (χ4v) is 3.70. The molecule has 0 aromatic heterocycles. The topological polar surface area (TPSA) is 113 Å². The monoisotopic (exact) mass is 432 g/mol. The summed E-state index contributed by atoms with van der Waals surface area (Å²) in [6, 6.07) is 8.62. The number of methoxy groups -OCH3 is 1. The van der Waals surface area contributed by atoms with E-state index in [0.717, 1.165) is 6.42 Å². The average molecular weight is 433 g/mol. The number of aliphatic hydroxyl groups is 3. The highest BCUT2D eigenvalue weighted by Gasteiger charge is 2.39. The molecule has 0 amide bonds. The largest absolute Gasteiger partial charge is 0.469 e. The zero-order chi connectivity index (χ0) is 22.6. The van der Waals surface area contributed by atoms with E-state index in [1.807, 2.05) is 18.2 Å². The standard InChI is InChI=1S/C24H32O7/c1-30-23(28)12-8-3-2-7-11-19-20(22(27)16-21(19)26)14-13-17(25)15-24(29)31-18-9-5-4-6-10-18/h2,4-7,9-10,13-14,17,19-22,25-27H,3,8,11-12,15-16H2,1H3/b7-2-,14-13+/t17-,19-,20-,21+,22-/m1/s1. The van der Waals surface area contributed by atoms with Gasteiger partial charge in [0.1, 0.15) is 5.75 Å². The molecule has 170 valence electrons. The van der Waals surface area contributed by atoms with Crippen molar-refractivity contribution in [3.63, 3.8) is 0 Å². The number of ether oxygens (including phenoxy) is 2. The Morgan fingerprint density at radius 1 is 1.13 bits per heavy atom. The Morgan fingerprint density at radius 3 is 2.58 bits per heavy atom. The highest BCUT2D eigenvalue weighted by molar-refractivity contribution is 5.73. The molecule has 5 atom stereocenters. The third kappa shape index (κ3) is 8.65. The van der Waals surface area contributed by atoms with Crippen LogP contribution < -0.4 is 4.74 Å². The Morgan fingerprint density at radius 2 is 1.87 bits per heavy atom. The number of esters is 2. The lowest BCUT2D eigenvalue weighted by atomic mass is 9.89. The summed E-state index contributed by atoms with van der Waals surface area (Å²) < 4.78 is 9.76. The highest BCUT2D eigenvalue weighted by Crippen LogP contribution is 2.36. The van der Waals surface area contributed by atoms with Gasteiger partial charge in [0, 0.05) is 18.8 Å². The smallest absolute Gasteiger partial charge is 0.314 e. The zero-order valence-electron chi connectivity index (χ0n) is 17.8. The van der Waals surface area contributed by atoms with E-state index in [2.05, 4.69) is 4.74 Å². The molecule has 1 aliphatic carbocycles. The van der Waals surface area contributed by atoms with E-state index in [-0.39, 0.29) is 30.6 Å². The van der Waals surface area contributed by atoms with Crippen LogP contribution in [0.3, 0.4) is 0 Å². The van der Waals surface area contributed by atoms with Crippen LogP contribution in [0.5, 0.6) is 5.75 Å². The number of carbonyl (C=O) groups excluding carboxylic acids is 2. The van der Waals surface area contributed by atoms with E-state index < -0.39 is 24.3 Å². The summed E-state index contributed by atoms with van der Waals surface area (Å²) in [5.74, 6) is -0.890. The van der Waals surface area contributed by atoms with Crippen LogP contribution in [0.15, 0.2) is 54.6 Å². The van der Waals surface area contributed by atoms with Crippen LogP contribution >= 0.6 is 0 Å². The molecule has 0 spiro atoms. The SMILES string of the molecule is COC(=O)CCC/C=C\C[C@@H]1[C@@H](/C=C/[C@@H](O)CC(=O)Oc2ccccc2)[C@H](O)C[C@@H]1O.